The average molecular weight is 368 g/mol. The highest BCUT2D eigenvalue weighted by Crippen LogP contribution is 2.51. The predicted octanol–water partition coefficient (Wildman–Crippen LogP) is 5.57. The lowest BCUT2D eigenvalue weighted by molar-refractivity contribution is 0.473. The second-order valence-electron chi connectivity index (χ2n) is 7.41. The Morgan fingerprint density at radius 1 is 0.607 bits per heavy atom. The van der Waals surface area contributed by atoms with Gasteiger partial charge in [0.25, 0.3) is 0 Å². The summed E-state index contributed by atoms with van der Waals surface area (Å²) in [5, 5.41) is 20.6. The minimum atomic E-state index is 0.0771. The lowest BCUT2D eigenvalue weighted by Crippen LogP contribution is -2.07. The molecule has 0 aliphatic carbocycles. The zero-order valence-electron chi connectivity index (χ0n) is 15.7. The van der Waals surface area contributed by atoms with Gasteiger partial charge in [-0.05, 0) is 35.4 Å². The molecule has 0 radical (unpaired) electrons. The van der Waals surface area contributed by atoms with Gasteiger partial charge >= 0.3 is 0 Å². The number of aliphatic imine (C=N–C) groups is 2. The van der Waals surface area contributed by atoms with Crippen LogP contribution >= 0.6 is 0 Å². The third-order valence-electron chi connectivity index (χ3n) is 5.79. The molecule has 5 rings (SSSR count). The Hall–Kier alpha value is -3.40. The highest BCUT2D eigenvalue weighted by molar-refractivity contribution is 6.16. The smallest absolute Gasteiger partial charge is 0.124 e. The molecule has 138 valence electrons. The second-order valence-corrected chi connectivity index (χ2v) is 7.41. The van der Waals surface area contributed by atoms with Crippen LogP contribution in [-0.2, 0) is 0 Å². The molecular formula is C24H20N2O2. The minimum absolute atomic E-state index is 0.0771. The number of phenolic OH excluding ortho intramolecular Hbond substituents is 2. The molecule has 0 fully saturated rings. The topological polar surface area (TPSA) is 65.2 Å². The molecule has 4 nitrogen and oxygen atoms in total. The van der Waals surface area contributed by atoms with E-state index in [1.165, 1.54) is 0 Å². The first kappa shape index (κ1) is 16.8. The van der Waals surface area contributed by atoms with Gasteiger partial charge in [0.2, 0.25) is 0 Å². The van der Waals surface area contributed by atoms with Crippen molar-refractivity contribution in [3.8, 4) is 11.5 Å². The van der Waals surface area contributed by atoms with Gasteiger partial charge in [-0.2, -0.15) is 0 Å². The van der Waals surface area contributed by atoms with Crippen LogP contribution in [0.2, 0.25) is 0 Å². The van der Waals surface area contributed by atoms with E-state index < -0.39 is 0 Å². The van der Waals surface area contributed by atoms with Gasteiger partial charge in [0.05, 0.1) is 22.8 Å². The Kier molecular flexibility index (Phi) is 3.63. The summed E-state index contributed by atoms with van der Waals surface area (Å²) in [7, 11) is 0. The molecule has 2 unspecified atom stereocenters. The molecule has 0 saturated carbocycles. The predicted molar refractivity (Wildman–Crippen MR) is 112 cm³/mol. The molecule has 2 aliphatic rings. The van der Waals surface area contributed by atoms with Crippen molar-refractivity contribution in [2.75, 3.05) is 0 Å². The van der Waals surface area contributed by atoms with Gasteiger partial charge in [0, 0.05) is 23.0 Å². The van der Waals surface area contributed by atoms with Gasteiger partial charge in [-0.3, -0.25) is 0 Å². The summed E-state index contributed by atoms with van der Waals surface area (Å²) in [5.74, 6) is 0.634. The zero-order chi connectivity index (χ0) is 19.4. The van der Waals surface area contributed by atoms with Gasteiger partial charge in [-0.15, -0.1) is 0 Å². The van der Waals surface area contributed by atoms with Crippen molar-refractivity contribution in [3.05, 3.63) is 82.9 Å². The highest BCUT2D eigenvalue weighted by Gasteiger charge is 2.34. The molecule has 0 saturated heterocycles. The minimum Gasteiger partial charge on any atom is -0.507 e. The standard InChI is InChI=1S/C24H20N2O2/c1-13-15-11-12-16-14(2)22(18-8-4-6-10-20(18)28)26-24(16)23(15)25-21(13)17-7-3-5-9-19(17)27/h3-14,27-28H,1-2H3. The summed E-state index contributed by atoms with van der Waals surface area (Å²) in [6, 6.07) is 18.9. The van der Waals surface area contributed by atoms with E-state index in [0.29, 0.717) is 0 Å². The van der Waals surface area contributed by atoms with Crippen LogP contribution in [-0.4, -0.2) is 21.6 Å². The summed E-state index contributed by atoms with van der Waals surface area (Å²) in [4.78, 5) is 9.81. The van der Waals surface area contributed by atoms with Crippen LogP contribution in [0.1, 0.15) is 47.9 Å². The molecule has 0 aromatic heterocycles. The van der Waals surface area contributed by atoms with Gasteiger partial charge in [0.15, 0.2) is 0 Å². The molecule has 0 amide bonds. The van der Waals surface area contributed by atoms with E-state index in [-0.39, 0.29) is 23.3 Å². The summed E-state index contributed by atoms with van der Waals surface area (Å²) >= 11 is 0. The number of hydrogen-bond donors (Lipinski definition) is 2. The number of benzene rings is 3. The van der Waals surface area contributed by atoms with Crippen LogP contribution in [0.4, 0.5) is 11.4 Å². The molecule has 3 aromatic rings. The van der Waals surface area contributed by atoms with Gasteiger partial charge in [0.1, 0.15) is 11.5 Å². The number of para-hydroxylation sites is 2. The number of rotatable bonds is 2. The van der Waals surface area contributed by atoms with Crippen molar-refractivity contribution in [2.45, 2.75) is 25.7 Å². The first-order chi connectivity index (χ1) is 13.6. The average Bonchev–Trinajstić information content (AvgIpc) is 3.20. The highest BCUT2D eigenvalue weighted by atomic mass is 16.3. The molecule has 2 aliphatic heterocycles. The summed E-state index contributed by atoms with van der Waals surface area (Å²) in [6.45, 7) is 4.21. The van der Waals surface area contributed by atoms with Crippen LogP contribution in [0.3, 0.4) is 0 Å². The van der Waals surface area contributed by atoms with Crippen molar-refractivity contribution in [1.29, 1.82) is 0 Å². The van der Waals surface area contributed by atoms with Crippen LogP contribution in [0.25, 0.3) is 0 Å². The summed E-state index contributed by atoms with van der Waals surface area (Å²) in [5.41, 5.74) is 7.23. The molecule has 2 atom stereocenters. The van der Waals surface area contributed by atoms with Gasteiger partial charge in [-0.25, -0.2) is 9.98 Å². The lowest BCUT2D eigenvalue weighted by Gasteiger charge is -2.12. The lowest BCUT2D eigenvalue weighted by atomic mass is 9.89. The van der Waals surface area contributed by atoms with Crippen LogP contribution < -0.4 is 0 Å². The van der Waals surface area contributed by atoms with Crippen molar-refractivity contribution in [2.24, 2.45) is 9.98 Å². The van der Waals surface area contributed by atoms with Crippen LogP contribution in [0, 0.1) is 0 Å². The van der Waals surface area contributed by atoms with E-state index in [2.05, 4.69) is 26.0 Å². The maximum atomic E-state index is 10.3. The fourth-order valence-electron chi connectivity index (χ4n) is 4.24. The van der Waals surface area contributed by atoms with Crippen LogP contribution in [0.5, 0.6) is 11.5 Å². The maximum Gasteiger partial charge on any atom is 0.124 e. The van der Waals surface area contributed by atoms with Crippen LogP contribution in [0.15, 0.2) is 70.6 Å². The summed E-state index contributed by atoms with van der Waals surface area (Å²) in [6.07, 6.45) is 0. The monoisotopic (exact) mass is 368 g/mol. The third kappa shape index (κ3) is 2.31. The molecule has 0 spiro atoms. The fraction of sp³-hybridized carbons (Fsp3) is 0.167. The Morgan fingerprint density at radius 3 is 1.39 bits per heavy atom. The molecule has 0 bridgehead atoms. The maximum absolute atomic E-state index is 10.3. The Bertz CT molecular complexity index is 1080. The van der Waals surface area contributed by atoms with Crippen molar-refractivity contribution < 1.29 is 10.2 Å². The first-order valence-corrected chi connectivity index (χ1v) is 9.47. The van der Waals surface area contributed by atoms with Gasteiger partial charge < -0.3 is 10.2 Å². The zero-order valence-corrected chi connectivity index (χ0v) is 15.7. The third-order valence-corrected chi connectivity index (χ3v) is 5.79. The van der Waals surface area contributed by atoms with E-state index in [1.54, 1.807) is 12.1 Å². The number of hydrogen-bond acceptors (Lipinski definition) is 4. The van der Waals surface area contributed by atoms with E-state index in [4.69, 9.17) is 9.98 Å². The quantitative estimate of drug-likeness (QED) is 0.621. The van der Waals surface area contributed by atoms with Crippen molar-refractivity contribution in [3.63, 3.8) is 0 Å². The van der Waals surface area contributed by atoms with Crippen molar-refractivity contribution in [1.82, 2.24) is 0 Å². The molecule has 28 heavy (non-hydrogen) atoms. The molecule has 2 N–H and O–H groups in total. The Labute approximate surface area is 163 Å². The SMILES string of the molecule is CC1C(c2ccccc2O)=Nc2c1ccc1c2N=C(c2ccccc2O)C1C. The Balaban J connectivity index is 1.67. The van der Waals surface area contributed by atoms with E-state index in [9.17, 15) is 10.2 Å². The Morgan fingerprint density at radius 2 is 1.00 bits per heavy atom. The number of phenols is 2. The second kappa shape index (κ2) is 6.06. The molecule has 4 heteroatoms. The number of fused-ring (bicyclic) bond motifs is 3. The first-order valence-electron chi connectivity index (χ1n) is 9.47. The molecular weight excluding hydrogens is 348 g/mol. The summed E-state index contributed by atoms with van der Waals surface area (Å²) < 4.78 is 0. The van der Waals surface area contributed by atoms with Crippen molar-refractivity contribution >= 4 is 22.8 Å². The normalized spacial score (nSPS) is 19.8. The van der Waals surface area contributed by atoms with E-state index in [0.717, 1.165) is 45.1 Å². The van der Waals surface area contributed by atoms with E-state index in [1.807, 2.05) is 36.4 Å². The van der Waals surface area contributed by atoms with Gasteiger partial charge in [-0.1, -0.05) is 50.2 Å². The largest absolute Gasteiger partial charge is 0.507 e. The number of aromatic hydroxyl groups is 2. The van der Waals surface area contributed by atoms with E-state index >= 15 is 0 Å². The fourth-order valence-corrected chi connectivity index (χ4v) is 4.24. The number of nitrogens with zero attached hydrogens (tertiary/aromatic N) is 2. The molecule has 2 heterocycles. The molecule has 3 aromatic carbocycles.